The van der Waals surface area contributed by atoms with Gasteiger partial charge < -0.3 is 60.5 Å². The number of aliphatic carboxylic acids is 2. The van der Waals surface area contributed by atoms with Crippen LogP contribution in [0.2, 0.25) is 0 Å². The molecule has 0 saturated carbocycles. The van der Waals surface area contributed by atoms with Crippen molar-refractivity contribution in [3.63, 3.8) is 0 Å². The SMILES string of the molecule is CN(C)CC(=O)OC[C@@H](O)[C@@H](O)[C@H](O)[C@@H](O)C(=O)O.CN(C)CC(=O)OC[C@@H](O)[C@@H](O)[C@H](O)[C@@H](O)C(=O)O.[Ca]. The van der Waals surface area contributed by atoms with E-state index in [4.69, 9.17) is 20.4 Å². The maximum atomic E-state index is 11.1. The Hall–Kier alpha value is -1.26. The second kappa shape index (κ2) is 21.5. The summed E-state index contributed by atoms with van der Waals surface area (Å²) < 4.78 is 9.19. The van der Waals surface area contributed by atoms with Crippen molar-refractivity contribution in [2.75, 3.05) is 54.5 Å². The van der Waals surface area contributed by atoms with Gasteiger partial charge in [0.25, 0.3) is 0 Å². The minimum absolute atomic E-state index is 0. The molecule has 226 valence electrons. The fraction of sp³-hybridized carbons (Fsp3) is 0.800. The Morgan fingerprint density at radius 1 is 0.564 bits per heavy atom. The quantitative estimate of drug-likeness (QED) is 0.0579. The van der Waals surface area contributed by atoms with Crippen LogP contribution in [-0.2, 0) is 28.7 Å². The largest absolute Gasteiger partial charge is 0.479 e. The van der Waals surface area contributed by atoms with E-state index in [9.17, 15) is 49.8 Å². The summed E-state index contributed by atoms with van der Waals surface area (Å²) in [4.78, 5) is 46.0. The van der Waals surface area contributed by atoms with Gasteiger partial charge in [-0.2, -0.15) is 0 Å². The van der Waals surface area contributed by atoms with Gasteiger partial charge in [0, 0.05) is 37.7 Å². The van der Waals surface area contributed by atoms with Crippen LogP contribution in [0.5, 0.6) is 0 Å². The van der Waals surface area contributed by atoms with E-state index in [1.165, 1.54) is 9.80 Å². The van der Waals surface area contributed by atoms with Crippen molar-refractivity contribution in [1.29, 1.82) is 0 Å². The van der Waals surface area contributed by atoms with Crippen LogP contribution in [0.3, 0.4) is 0 Å². The Labute approximate surface area is 253 Å². The molecule has 0 fully saturated rings. The van der Waals surface area contributed by atoms with Crippen LogP contribution >= 0.6 is 0 Å². The van der Waals surface area contributed by atoms with E-state index in [1.54, 1.807) is 28.2 Å². The van der Waals surface area contributed by atoms with Crippen molar-refractivity contribution in [2.24, 2.45) is 0 Å². The van der Waals surface area contributed by atoms with Crippen LogP contribution in [0.25, 0.3) is 0 Å². The van der Waals surface area contributed by atoms with E-state index in [1.807, 2.05) is 0 Å². The predicted octanol–water partition coefficient (Wildman–Crippen LogP) is -7.14. The molecule has 0 spiro atoms. The van der Waals surface area contributed by atoms with Crippen LogP contribution in [0, 0.1) is 0 Å². The zero-order chi connectivity index (χ0) is 30.3. The number of carboxylic acid groups (broad SMARTS) is 2. The zero-order valence-electron chi connectivity index (χ0n) is 22.0. The number of likely N-dealkylation sites (N-methyl/N-ethyl adjacent to an activating group) is 2. The van der Waals surface area contributed by atoms with Gasteiger partial charge in [0.2, 0.25) is 0 Å². The van der Waals surface area contributed by atoms with Gasteiger partial charge in [-0.05, 0) is 28.2 Å². The third-order valence-corrected chi connectivity index (χ3v) is 4.36. The second-order valence-corrected chi connectivity index (χ2v) is 8.50. The molecule has 2 radical (unpaired) electrons. The first-order valence-electron chi connectivity index (χ1n) is 10.8. The molecule has 39 heavy (non-hydrogen) atoms. The van der Waals surface area contributed by atoms with E-state index in [2.05, 4.69) is 9.47 Å². The smallest absolute Gasteiger partial charge is 0.335 e. The van der Waals surface area contributed by atoms with E-state index < -0.39 is 85.9 Å². The first kappa shape index (κ1) is 42.2. The normalized spacial score (nSPS) is 17.2. The summed E-state index contributed by atoms with van der Waals surface area (Å²) in [6, 6.07) is 0. The van der Waals surface area contributed by atoms with Crippen molar-refractivity contribution < 1.29 is 79.7 Å². The second-order valence-electron chi connectivity index (χ2n) is 8.50. The molecule has 0 heterocycles. The first-order chi connectivity index (χ1) is 17.3. The molecule has 10 N–H and O–H groups in total. The van der Waals surface area contributed by atoms with E-state index >= 15 is 0 Å². The molecule has 18 nitrogen and oxygen atoms in total. The molecule has 0 aromatic rings. The summed E-state index contributed by atoms with van der Waals surface area (Å²) in [6.45, 7) is -1.33. The summed E-state index contributed by atoms with van der Waals surface area (Å²) in [5, 5.41) is 90.8. The van der Waals surface area contributed by atoms with Gasteiger partial charge in [0.15, 0.2) is 12.2 Å². The molecule has 0 unspecified atom stereocenters. The summed E-state index contributed by atoms with van der Waals surface area (Å²) in [5.74, 6) is -4.82. The van der Waals surface area contributed by atoms with E-state index in [0.29, 0.717) is 0 Å². The van der Waals surface area contributed by atoms with Crippen molar-refractivity contribution in [3.8, 4) is 0 Å². The van der Waals surface area contributed by atoms with Crippen molar-refractivity contribution in [1.82, 2.24) is 9.80 Å². The molecule has 0 aromatic carbocycles. The van der Waals surface area contributed by atoms with Gasteiger partial charge >= 0.3 is 23.9 Å². The Kier molecular flexibility index (Phi) is 23.2. The molecule has 0 aliphatic heterocycles. The van der Waals surface area contributed by atoms with Crippen molar-refractivity contribution in [3.05, 3.63) is 0 Å². The zero-order valence-corrected chi connectivity index (χ0v) is 24.2. The molecule has 0 saturated heterocycles. The van der Waals surface area contributed by atoms with Crippen LogP contribution in [0.15, 0.2) is 0 Å². The minimum Gasteiger partial charge on any atom is -0.479 e. The average molecular weight is 603 g/mol. The summed E-state index contributed by atoms with van der Waals surface area (Å²) in [6.07, 6.45) is -16.0. The molecule has 8 atom stereocenters. The Morgan fingerprint density at radius 3 is 1.03 bits per heavy atom. The van der Waals surface area contributed by atoms with Crippen LogP contribution in [-0.4, -0.2) is 226 Å². The summed E-state index contributed by atoms with van der Waals surface area (Å²) in [5.41, 5.74) is 0. The minimum atomic E-state index is -2.25. The number of aliphatic hydroxyl groups is 8. The molecule has 0 aliphatic carbocycles. The molecular formula is C20H38CaN2O16. The third-order valence-electron chi connectivity index (χ3n) is 4.36. The monoisotopic (exact) mass is 602 g/mol. The Morgan fingerprint density at radius 2 is 0.821 bits per heavy atom. The predicted molar refractivity (Wildman–Crippen MR) is 128 cm³/mol. The number of ether oxygens (including phenoxy) is 2. The molecule has 0 rings (SSSR count). The van der Waals surface area contributed by atoms with E-state index in [-0.39, 0.29) is 50.8 Å². The number of carbonyl (C=O) groups is 4. The van der Waals surface area contributed by atoms with Gasteiger partial charge in [-0.1, -0.05) is 0 Å². The van der Waals surface area contributed by atoms with Gasteiger partial charge in [-0.25, -0.2) is 9.59 Å². The van der Waals surface area contributed by atoms with Gasteiger partial charge in [0.05, 0.1) is 13.1 Å². The van der Waals surface area contributed by atoms with Gasteiger partial charge in [-0.3, -0.25) is 19.4 Å². The van der Waals surface area contributed by atoms with Crippen LogP contribution in [0.1, 0.15) is 0 Å². The molecule has 19 heteroatoms. The number of rotatable bonds is 16. The van der Waals surface area contributed by atoms with Crippen LogP contribution < -0.4 is 0 Å². The maximum absolute atomic E-state index is 11.1. The Balaban J connectivity index is -0.000000648. The fourth-order valence-electron chi connectivity index (χ4n) is 2.28. The van der Waals surface area contributed by atoms with Gasteiger partial charge in [-0.15, -0.1) is 0 Å². The number of hydrogen-bond donors (Lipinski definition) is 10. The summed E-state index contributed by atoms with van der Waals surface area (Å²) >= 11 is 0. The molecule has 0 bridgehead atoms. The topological polar surface area (TPSA) is 296 Å². The number of carbonyl (C=O) groups excluding carboxylic acids is 2. The summed E-state index contributed by atoms with van der Waals surface area (Å²) in [7, 11) is 6.50. The van der Waals surface area contributed by atoms with Crippen LogP contribution in [0.4, 0.5) is 0 Å². The molecule has 0 aromatic heterocycles. The average Bonchev–Trinajstić information content (AvgIpc) is 2.82. The molecular weight excluding hydrogens is 564 g/mol. The number of aliphatic hydroxyl groups excluding tert-OH is 8. The molecule has 0 amide bonds. The van der Waals surface area contributed by atoms with Gasteiger partial charge in [0.1, 0.15) is 49.8 Å². The van der Waals surface area contributed by atoms with Crippen molar-refractivity contribution in [2.45, 2.75) is 48.8 Å². The van der Waals surface area contributed by atoms with E-state index in [0.717, 1.165) is 0 Å². The third kappa shape index (κ3) is 18.7. The standard InChI is InChI=1S/2C10H19NO8.Ca/c2*1-11(2)3-6(13)19-4-5(12)7(14)8(15)9(16)10(17)18;/h2*5,7-9,12,14-16H,3-4H2,1-2H3,(H,17,18);/t2*5-,7-,8+,9-;/m11./s1. The van der Waals surface area contributed by atoms with Crippen molar-refractivity contribution >= 4 is 61.6 Å². The number of hydrogen-bond acceptors (Lipinski definition) is 16. The molecule has 0 aliphatic rings. The number of carboxylic acids is 2. The first-order valence-corrected chi connectivity index (χ1v) is 10.8. The number of nitrogens with zero attached hydrogens (tertiary/aromatic N) is 2. The number of esters is 2. The Bertz CT molecular complexity index is 683. The maximum Gasteiger partial charge on any atom is 0.335 e. The fourth-order valence-corrected chi connectivity index (χ4v) is 2.28.